The molecule has 88 valence electrons. The molecule has 0 radical (unpaired) electrons. The third kappa shape index (κ3) is 6.06. The molecule has 5 heteroatoms. The molecule has 0 aromatic rings. The molecule has 15 heavy (non-hydrogen) atoms. The highest BCUT2D eigenvalue weighted by Crippen LogP contribution is 1.94. The minimum Gasteiger partial charge on any atom is -0.465 e. The zero-order chi connectivity index (χ0) is 11.7. The minimum absolute atomic E-state index is 0.0438. The van der Waals surface area contributed by atoms with Crippen LogP contribution < -0.4 is 5.32 Å². The Balaban J connectivity index is 4.13. The first kappa shape index (κ1) is 13.9. The summed E-state index contributed by atoms with van der Waals surface area (Å²) in [4.78, 5) is 24.2. The summed E-state index contributed by atoms with van der Waals surface area (Å²) in [5.74, 6) is -0.428. The van der Waals surface area contributed by atoms with Crippen LogP contribution in [0, 0.1) is 0 Å². The molecule has 0 rings (SSSR count). The average molecular weight is 216 g/mol. The van der Waals surface area contributed by atoms with Gasteiger partial charge in [0.2, 0.25) is 5.91 Å². The van der Waals surface area contributed by atoms with Crippen molar-refractivity contribution in [1.29, 1.82) is 0 Å². The molecule has 5 nitrogen and oxygen atoms in total. The van der Waals surface area contributed by atoms with Crippen LogP contribution in [0.5, 0.6) is 0 Å². The van der Waals surface area contributed by atoms with Gasteiger partial charge in [-0.3, -0.25) is 9.59 Å². The summed E-state index contributed by atoms with van der Waals surface area (Å²) in [6.07, 6.45) is 0.828. The Morgan fingerprint density at radius 2 is 2.00 bits per heavy atom. The van der Waals surface area contributed by atoms with Gasteiger partial charge in [0.05, 0.1) is 13.2 Å². The largest absolute Gasteiger partial charge is 0.465 e. The van der Waals surface area contributed by atoms with Crippen LogP contribution in [0.3, 0.4) is 0 Å². The van der Waals surface area contributed by atoms with E-state index in [1.807, 2.05) is 6.92 Å². The lowest BCUT2D eigenvalue weighted by Gasteiger charge is -2.20. The van der Waals surface area contributed by atoms with Gasteiger partial charge in [-0.05, 0) is 20.4 Å². The van der Waals surface area contributed by atoms with Crippen molar-refractivity contribution in [3.05, 3.63) is 0 Å². The van der Waals surface area contributed by atoms with E-state index < -0.39 is 0 Å². The second kappa shape index (κ2) is 8.23. The van der Waals surface area contributed by atoms with Gasteiger partial charge >= 0.3 is 5.97 Å². The van der Waals surface area contributed by atoms with Crippen LogP contribution in [0.1, 0.15) is 20.3 Å². The van der Waals surface area contributed by atoms with E-state index in [-0.39, 0.29) is 25.0 Å². The zero-order valence-electron chi connectivity index (χ0n) is 9.71. The van der Waals surface area contributed by atoms with Crippen LogP contribution in [0.15, 0.2) is 0 Å². The third-order valence-electron chi connectivity index (χ3n) is 1.80. The van der Waals surface area contributed by atoms with Crippen molar-refractivity contribution in [2.75, 3.05) is 33.3 Å². The first-order valence-corrected chi connectivity index (χ1v) is 5.23. The number of ether oxygens (including phenoxy) is 1. The number of esters is 1. The molecule has 0 fully saturated rings. The zero-order valence-corrected chi connectivity index (χ0v) is 9.71. The van der Waals surface area contributed by atoms with Crippen molar-refractivity contribution in [2.24, 2.45) is 0 Å². The topological polar surface area (TPSA) is 58.6 Å². The summed E-state index contributed by atoms with van der Waals surface area (Å²) in [6, 6.07) is 0. The molecule has 0 saturated carbocycles. The molecule has 0 unspecified atom stereocenters. The molecule has 0 spiro atoms. The van der Waals surface area contributed by atoms with E-state index in [0.29, 0.717) is 13.2 Å². The summed E-state index contributed by atoms with van der Waals surface area (Å²) in [5, 5.41) is 2.77. The Kier molecular flexibility index (Phi) is 7.62. The van der Waals surface area contributed by atoms with Crippen LogP contribution >= 0.6 is 0 Å². The molecule has 0 aliphatic rings. The first-order chi connectivity index (χ1) is 7.15. The van der Waals surface area contributed by atoms with Gasteiger partial charge in [0.1, 0.15) is 6.54 Å². The fraction of sp³-hybridized carbons (Fsp3) is 0.800. The fourth-order valence-electron chi connectivity index (χ4n) is 1.19. The molecule has 0 bridgehead atoms. The van der Waals surface area contributed by atoms with Crippen LogP contribution in [0.4, 0.5) is 0 Å². The lowest BCUT2D eigenvalue weighted by atomic mass is 10.3. The van der Waals surface area contributed by atoms with Crippen LogP contribution in [-0.2, 0) is 14.3 Å². The number of hydrogen-bond donors (Lipinski definition) is 1. The van der Waals surface area contributed by atoms with E-state index in [4.69, 9.17) is 4.74 Å². The molecule has 0 heterocycles. The molecule has 0 saturated heterocycles. The van der Waals surface area contributed by atoms with Crippen molar-refractivity contribution >= 4 is 11.9 Å². The number of carbonyl (C=O) groups is 2. The number of carbonyl (C=O) groups excluding carboxylic acids is 2. The van der Waals surface area contributed by atoms with Gasteiger partial charge in [-0.2, -0.15) is 0 Å². The molecule has 0 aromatic heterocycles. The van der Waals surface area contributed by atoms with E-state index in [2.05, 4.69) is 5.32 Å². The second-order valence-corrected chi connectivity index (χ2v) is 3.15. The Labute approximate surface area is 90.8 Å². The van der Waals surface area contributed by atoms with Crippen molar-refractivity contribution in [2.45, 2.75) is 20.3 Å². The molecule has 0 atom stereocenters. The molecular formula is C10H20N2O3. The number of hydrogen-bond acceptors (Lipinski definition) is 4. The Morgan fingerprint density at radius 1 is 1.33 bits per heavy atom. The second-order valence-electron chi connectivity index (χ2n) is 3.15. The Morgan fingerprint density at radius 3 is 2.47 bits per heavy atom. The molecule has 1 N–H and O–H groups in total. The summed E-state index contributed by atoms with van der Waals surface area (Å²) in [7, 11) is 1.70. The lowest BCUT2D eigenvalue weighted by Crippen LogP contribution is -2.41. The minimum atomic E-state index is -0.351. The number of nitrogens with one attached hydrogen (secondary N) is 1. The molecule has 0 aromatic carbocycles. The maximum absolute atomic E-state index is 11.5. The molecule has 1 amide bonds. The maximum Gasteiger partial charge on any atom is 0.325 e. The van der Waals surface area contributed by atoms with E-state index in [1.165, 1.54) is 4.90 Å². The predicted molar refractivity (Wildman–Crippen MR) is 57.4 cm³/mol. The van der Waals surface area contributed by atoms with Gasteiger partial charge in [-0.1, -0.05) is 6.92 Å². The number of likely N-dealkylation sites (N-methyl/N-ethyl adjacent to an activating group) is 1. The van der Waals surface area contributed by atoms with E-state index >= 15 is 0 Å². The van der Waals surface area contributed by atoms with E-state index in [0.717, 1.165) is 6.42 Å². The van der Waals surface area contributed by atoms with Crippen molar-refractivity contribution in [1.82, 2.24) is 10.2 Å². The summed E-state index contributed by atoms with van der Waals surface area (Å²) < 4.78 is 4.79. The third-order valence-corrected chi connectivity index (χ3v) is 1.80. The lowest BCUT2D eigenvalue weighted by molar-refractivity contribution is -0.148. The number of amides is 1. The Hall–Kier alpha value is -1.10. The standard InChI is InChI=1S/C10H20N2O3/c1-4-6-12(9(13)7-11-3)8-10(14)15-5-2/h11H,4-8H2,1-3H3. The van der Waals surface area contributed by atoms with Crippen molar-refractivity contribution in [3.63, 3.8) is 0 Å². The van der Waals surface area contributed by atoms with Crippen molar-refractivity contribution < 1.29 is 14.3 Å². The van der Waals surface area contributed by atoms with Gasteiger partial charge in [-0.25, -0.2) is 0 Å². The highest BCUT2D eigenvalue weighted by molar-refractivity contribution is 5.83. The first-order valence-electron chi connectivity index (χ1n) is 5.23. The molecule has 0 aliphatic heterocycles. The quantitative estimate of drug-likeness (QED) is 0.609. The predicted octanol–water partition coefficient (Wildman–Crippen LogP) is 0.00750. The molecule has 0 aliphatic carbocycles. The van der Waals surface area contributed by atoms with Crippen molar-refractivity contribution in [3.8, 4) is 0 Å². The highest BCUT2D eigenvalue weighted by atomic mass is 16.5. The summed E-state index contributed by atoms with van der Waals surface area (Å²) >= 11 is 0. The molecular weight excluding hydrogens is 196 g/mol. The monoisotopic (exact) mass is 216 g/mol. The van der Waals surface area contributed by atoms with Gasteiger partial charge < -0.3 is 15.0 Å². The smallest absolute Gasteiger partial charge is 0.325 e. The van der Waals surface area contributed by atoms with Crippen LogP contribution in [-0.4, -0.2) is 50.1 Å². The SMILES string of the molecule is CCCN(CC(=O)OCC)C(=O)CNC. The maximum atomic E-state index is 11.5. The van der Waals surface area contributed by atoms with Gasteiger partial charge in [0.25, 0.3) is 0 Å². The van der Waals surface area contributed by atoms with Gasteiger partial charge in [0, 0.05) is 6.54 Å². The number of nitrogens with zero attached hydrogens (tertiary/aromatic N) is 1. The van der Waals surface area contributed by atoms with Gasteiger partial charge in [0.15, 0.2) is 0 Å². The van der Waals surface area contributed by atoms with Crippen LogP contribution in [0.25, 0.3) is 0 Å². The van der Waals surface area contributed by atoms with Crippen LogP contribution in [0.2, 0.25) is 0 Å². The average Bonchev–Trinajstić information content (AvgIpc) is 2.18. The highest BCUT2D eigenvalue weighted by Gasteiger charge is 2.15. The van der Waals surface area contributed by atoms with Gasteiger partial charge in [-0.15, -0.1) is 0 Å². The summed E-state index contributed by atoms with van der Waals surface area (Å²) in [6.45, 7) is 4.93. The Bertz CT molecular complexity index is 207. The number of rotatable bonds is 7. The van der Waals surface area contributed by atoms with E-state index in [1.54, 1.807) is 14.0 Å². The normalized spacial score (nSPS) is 9.80. The fourth-order valence-corrected chi connectivity index (χ4v) is 1.19. The summed E-state index contributed by atoms with van der Waals surface area (Å²) in [5.41, 5.74) is 0. The van der Waals surface area contributed by atoms with E-state index in [9.17, 15) is 9.59 Å².